The van der Waals surface area contributed by atoms with Gasteiger partial charge in [0.25, 0.3) is 5.91 Å². The third-order valence-corrected chi connectivity index (χ3v) is 3.11. The number of carbonyl (C=O) groups excluding carboxylic acids is 2. The molecule has 1 aromatic carbocycles. The zero-order valence-electron chi connectivity index (χ0n) is 11.0. The molecule has 0 radical (unpaired) electrons. The van der Waals surface area contributed by atoms with E-state index in [1.165, 1.54) is 0 Å². The van der Waals surface area contributed by atoms with Crippen molar-refractivity contribution in [1.29, 1.82) is 0 Å². The summed E-state index contributed by atoms with van der Waals surface area (Å²) in [7, 11) is 0. The fraction of sp³-hybridized carbons (Fsp3) is 0.429. The van der Waals surface area contributed by atoms with E-state index in [1.54, 1.807) is 36.1 Å². The fourth-order valence-electron chi connectivity index (χ4n) is 2.02. The molecule has 5 heteroatoms. The van der Waals surface area contributed by atoms with Crippen LogP contribution in [0.4, 0.5) is 0 Å². The molecule has 0 bridgehead atoms. The predicted octanol–water partition coefficient (Wildman–Crippen LogP) is 0.698. The van der Waals surface area contributed by atoms with Crippen molar-refractivity contribution in [2.24, 2.45) is 0 Å². The highest BCUT2D eigenvalue weighted by Gasteiger charge is 2.23. The lowest BCUT2D eigenvalue weighted by Gasteiger charge is -2.29. The van der Waals surface area contributed by atoms with Gasteiger partial charge in [-0.1, -0.05) is 0 Å². The number of aldehydes is 1. The van der Waals surface area contributed by atoms with Gasteiger partial charge in [0.2, 0.25) is 0 Å². The molecule has 0 spiro atoms. The molecule has 1 aromatic rings. The maximum Gasteiger partial charge on any atom is 0.263 e. The molecule has 1 amide bonds. The molecular weight excluding hydrogens is 244 g/mol. The van der Waals surface area contributed by atoms with Crippen LogP contribution in [0.2, 0.25) is 0 Å². The van der Waals surface area contributed by atoms with Gasteiger partial charge in [0.15, 0.2) is 6.10 Å². The van der Waals surface area contributed by atoms with E-state index >= 15 is 0 Å². The van der Waals surface area contributed by atoms with Crippen molar-refractivity contribution in [3.05, 3.63) is 29.8 Å². The Bertz CT molecular complexity index is 439. The van der Waals surface area contributed by atoms with Crippen LogP contribution < -0.4 is 10.1 Å². The summed E-state index contributed by atoms with van der Waals surface area (Å²) < 4.78 is 5.60. The third-order valence-electron chi connectivity index (χ3n) is 3.11. The Morgan fingerprint density at radius 2 is 1.95 bits per heavy atom. The van der Waals surface area contributed by atoms with Crippen LogP contribution in [0.3, 0.4) is 0 Å². The monoisotopic (exact) mass is 262 g/mol. The van der Waals surface area contributed by atoms with Crippen molar-refractivity contribution >= 4 is 12.2 Å². The number of carbonyl (C=O) groups is 2. The molecule has 1 heterocycles. The number of benzene rings is 1. The van der Waals surface area contributed by atoms with Gasteiger partial charge in [-0.3, -0.25) is 9.59 Å². The highest BCUT2D eigenvalue weighted by molar-refractivity contribution is 5.81. The second kappa shape index (κ2) is 6.33. The van der Waals surface area contributed by atoms with Gasteiger partial charge < -0.3 is 15.0 Å². The Kier molecular flexibility index (Phi) is 4.52. The summed E-state index contributed by atoms with van der Waals surface area (Å²) in [4.78, 5) is 24.5. The van der Waals surface area contributed by atoms with Crippen LogP contribution in [0.15, 0.2) is 24.3 Å². The van der Waals surface area contributed by atoms with Crippen LogP contribution >= 0.6 is 0 Å². The van der Waals surface area contributed by atoms with E-state index in [0.29, 0.717) is 11.3 Å². The van der Waals surface area contributed by atoms with E-state index in [4.69, 9.17) is 4.74 Å². The Labute approximate surface area is 112 Å². The summed E-state index contributed by atoms with van der Waals surface area (Å²) in [6, 6.07) is 6.74. The third kappa shape index (κ3) is 3.54. The van der Waals surface area contributed by atoms with E-state index in [2.05, 4.69) is 5.32 Å². The van der Waals surface area contributed by atoms with Gasteiger partial charge in [-0.05, 0) is 31.2 Å². The molecular formula is C14H18N2O3. The van der Waals surface area contributed by atoms with Gasteiger partial charge in [-0.2, -0.15) is 0 Å². The maximum atomic E-state index is 12.1. The number of nitrogens with one attached hydrogen (secondary N) is 1. The summed E-state index contributed by atoms with van der Waals surface area (Å²) in [6.07, 6.45) is 0.263. The van der Waals surface area contributed by atoms with Crippen LogP contribution in [-0.2, 0) is 4.79 Å². The predicted molar refractivity (Wildman–Crippen MR) is 71.4 cm³/mol. The summed E-state index contributed by atoms with van der Waals surface area (Å²) in [5.74, 6) is 0.600. The number of piperazine rings is 1. The molecule has 0 saturated carbocycles. The quantitative estimate of drug-likeness (QED) is 0.811. The second-order valence-electron chi connectivity index (χ2n) is 4.52. The smallest absolute Gasteiger partial charge is 0.263 e. The lowest BCUT2D eigenvalue weighted by Crippen LogP contribution is -2.50. The number of hydrogen-bond donors (Lipinski definition) is 1. The molecule has 1 N–H and O–H groups in total. The van der Waals surface area contributed by atoms with Gasteiger partial charge >= 0.3 is 0 Å². The Morgan fingerprint density at radius 3 is 2.53 bits per heavy atom. The van der Waals surface area contributed by atoms with Crippen molar-refractivity contribution < 1.29 is 14.3 Å². The lowest BCUT2D eigenvalue weighted by molar-refractivity contribution is -0.138. The molecule has 102 valence electrons. The first-order valence-corrected chi connectivity index (χ1v) is 6.42. The first-order valence-electron chi connectivity index (χ1n) is 6.42. The average molecular weight is 262 g/mol. The van der Waals surface area contributed by atoms with Crippen molar-refractivity contribution in [2.45, 2.75) is 13.0 Å². The van der Waals surface area contributed by atoms with E-state index in [1.807, 2.05) is 0 Å². The number of hydrogen-bond acceptors (Lipinski definition) is 4. The second-order valence-corrected chi connectivity index (χ2v) is 4.52. The van der Waals surface area contributed by atoms with Crippen molar-refractivity contribution in [3.8, 4) is 5.75 Å². The van der Waals surface area contributed by atoms with Gasteiger partial charge in [-0.15, -0.1) is 0 Å². The first-order chi connectivity index (χ1) is 9.20. The summed E-state index contributed by atoms with van der Waals surface area (Å²) in [5, 5.41) is 3.20. The molecule has 1 saturated heterocycles. The minimum absolute atomic E-state index is 0.000892. The van der Waals surface area contributed by atoms with Crippen LogP contribution in [0.1, 0.15) is 17.3 Å². The largest absolute Gasteiger partial charge is 0.481 e. The molecule has 1 aliphatic heterocycles. The molecule has 2 rings (SSSR count). The van der Waals surface area contributed by atoms with Gasteiger partial charge in [0, 0.05) is 31.7 Å². The Hall–Kier alpha value is -1.88. The SMILES string of the molecule is CC(Oc1ccc(C=O)cc1)C(=O)N1CCNCC1. The summed E-state index contributed by atoms with van der Waals surface area (Å²) in [6.45, 7) is 4.84. The number of nitrogens with zero attached hydrogens (tertiary/aromatic N) is 1. The molecule has 1 fully saturated rings. The molecule has 1 aliphatic rings. The number of ether oxygens (including phenoxy) is 1. The van der Waals surface area contributed by atoms with Crippen LogP contribution in [-0.4, -0.2) is 49.4 Å². The minimum Gasteiger partial charge on any atom is -0.481 e. The molecule has 0 aromatic heterocycles. The highest BCUT2D eigenvalue weighted by atomic mass is 16.5. The highest BCUT2D eigenvalue weighted by Crippen LogP contribution is 2.14. The summed E-state index contributed by atoms with van der Waals surface area (Å²) >= 11 is 0. The van der Waals surface area contributed by atoms with E-state index < -0.39 is 6.10 Å². The fourth-order valence-corrected chi connectivity index (χ4v) is 2.02. The normalized spacial score (nSPS) is 16.8. The summed E-state index contributed by atoms with van der Waals surface area (Å²) in [5.41, 5.74) is 0.591. The topological polar surface area (TPSA) is 58.6 Å². The Balaban J connectivity index is 1.93. The molecule has 1 unspecified atom stereocenters. The van der Waals surface area contributed by atoms with E-state index in [9.17, 15) is 9.59 Å². The van der Waals surface area contributed by atoms with Crippen molar-refractivity contribution in [1.82, 2.24) is 10.2 Å². The first kappa shape index (κ1) is 13.5. The molecule has 0 aliphatic carbocycles. The Morgan fingerprint density at radius 1 is 1.32 bits per heavy atom. The van der Waals surface area contributed by atoms with E-state index in [0.717, 1.165) is 32.5 Å². The van der Waals surface area contributed by atoms with Gasteiger partial charge in [0.05, 0.1) is 0 Å². The zero-order chi connectivity index (χ0) is 13.7. The lowest BCUT2D eigenvalue weighted by atomic mass is 10.2. The van der Waals surface area contributed by atoms with Crippen LogP contribution in [0, 0.1) is 0 Å². The number of rotatable bonds is 4. The average Bonchev–Trinajstić information content (AvgIpc) is 2.48. The van der Waals surface area contributed by atoms with Gasteiger partial charge in [-0.25, -0.2) is 0 Å². The van der Waals surface area contributed by atoms with Crippen LogP contribution in [0.25, 0.3) is 0 Å². The van der Waals surface area contributed by atoms with Gasteiger partial charge in [0.1, 0.15) is 12.0 Å². The van der Waals surface area contributed by atoms with Crippen molar-refractivity contribution in [3.63, 3.8) is 0 Å². The van der Waals surface area contributed by atoms with E-state index in [-0.39, 0.29) is 5.91 Å². The zero-order valence-corrected chi connectivity index (χ0v) is 11.0. The maximum absolute atomic E-state index is 12.1. The van der Waals surface area contributed by atoms with Crippen molar-refractivity contribution in [2.75, 3.05) is 26.2 Å². The standard InChI is InChI=1S/C14H18N2O3/c1-11(14(18)16-8-6-15-7-9-16)19-13-4-2-12(10-17)3-5-13/h2-5,10-11,15H,6-9H2,1H3. The minimum atomic E-state index is -0.514. The number of amides is 1. The molecule has 5 nitrogen and oxygen atoms in total. The molecule has 19 heavy (non-hydrogen) atoms. The molecule has 1 atom stereocenters. The van der Waals surface area contributed by atoms with Crippen LogP contribution in [0.5, 0.6) is 5.75 Å².